The first-order valence-corrected chi connectivity index (χ1v) is 9.38. The maximum Gasteiger partial charge on any atom is 0.251 e. The Labute approximate surface area is 144 Å². The van der Waals surface area contributed by atoms with E-state index < -0.39 is 0 Å². The Morgan fingerprint density at radius 2 is 1.92 bits per heavy atom. The molecular weight excluding hydrogens is 304 g/mol. The fraction of sp³-hybridized carbons (Fsp3) is 0.833. The van der Waals surface area contributed by atoms with E-state index in [1.165, 1.54) is 19.3 Å². The van der Waals surface area contributed by atoms with Gasteiger partial charge in [-0.3, -0.25) is 4.79 Å². The third kappa shape index (κ3) is 3.97. The molecule has 1 saturated heterocycles. The van der Waals surface area contributed by atoms with Crippen LogP contribution in [-0.2, 0) is 9.53 Å². The number of carbonyl (C=O) groups is 1. The second kappa shape index (κ2) is 7.64. The summed E-state index contributed by atoms with van der Waals surface area (Å²) in [5.74, 6) is 1.85. The first kappa shape index (κ1) is 17.4. The average molecular weight is 334 g/mol. The van der Waals surface area contributed by atoms with Crippen LogP contribution >= 0.6 is 0 Å². The van der Waals surface area contributed by atoms with Crippen molar-refractivity contribution in [2.45, 2.75) is 84.0 Å². The summed E-state index contributed by atoms with van der Waals surface area (Å²) in [6.45, 7) is 7.33. The van der Waals surface area contributed by atoms with Gasteiger partial charge in [0.2, 0.25) is 0 Å². The molecule has 0 bridgehead atoms. The molecule has 0 N–H and O–H groups in total. The molecule has 1 amide bonds. The van der Waals surface area contributed by atoms with Crippen molar-refractivity contribution in [1.82, 2.24) is 19.7 Å². The molecule has 6 heteroatoms. The Balaban J connectivity index is 1.59. The Hall–Kier alpha value is -1.43. The van der Waals surface area contributed by atoms with Crippen molar-refractivity contribution in [2.24, 2.45) is 0 Å². The van der Waals surface area contributed by atoms with E-state index in [0.29, 0.717) is 6.54 Å². The molecule has 0 radical (unpaired) electrons. The number of rotatable bonds is 4. The number of ether oxygens (including phenoxy) is 1. The molecular formula is C18H30N4O2. The van der Waals surface area contributed by atoms with Gasteiger partial charge in [0, 0.05) is 13.1 Å². The lowest BCUT2D eigenvalue weighted by Gasteiger charge is -2.35. The first-order chi connectivity index (χ1) is 11.5. The highest BCUT2D eigenvalue weighted by atomic mass is 16.5. The predicted octanol–water partition coefficient (Wildman–Crippen LogP) is 2.80. The third-order valence-electron chi connectivity index (χ3n) is 5.26. The van der Waals surface area contributed by atoms with E-state index in [0.717, 1.165) is 43.9 Å². The van der Waals surface area contributed by atoms with Gasteiger partial charge in [-0.2, -0.15) is 5.10 Å². The molecule has 24 heavy (non-hydrogen) atoms. The van der Waals surface area contributed by atoms with Crippen LogP contribution < -0.4 is 0 Å². The summed E-state index contributed by atoms with van der Waals surface area (Å²) in [4.78, 5) is 19.1. The smallest absolute Gasteiger partial charge is 0.251 e. The number of hydrogen-bond acceptors (Lipinski definition) is 4. The maximum atomic E-state index is 12.8. The molecule has 2 heterocycles. The summed E-state index contributed by atoms with van der Waals surface area (Å²) in [7, 11) is 0. The van der Waals surface area contributed by atoms with Crippen molar-refractivity contribution < 1.29 is 9.53 Å². The lowest BCUT2D eigenvalue weighted by atomic mass is 9.97. The van der Waals surface area contributed by atoms with Gasteiger partial charge in [-0.25, -0.2) is 9.67 Å². The van der Waals surface area contributed by atoms with Crippen molar-refractivity contribution in [1.29, 1.82) is 0 Å². The Bertz CT molecular complexity index is 565. The van der Waals surface area contributed by atoms with Crippen LogP contribution in [0.3, 0.4) is 0 Å². The number of aryl methyl sites for hydroxylation is 2. The Morgan fingerprint density at radius 3 is 2.58 bits per heavy atom. The van der Waals surface area contributed by atoms with Gasteiger partial charge in [0.1, 0.15) is 17.8 Å². The SMILES string of the molecule is Cc1nc(C)n([C@H]2CCCN(C(=O)[C@@H](C)OC3CCCCC3)C2)n1. The summed E-state index contributed by atoms with van der Waals surface area (Å²) >= 11 is 0. The largest absolute Gasteiger partial charge is 0.365 e. The van der Waals surface area contributed by atoms with E-state index in [1.54, 1.807) is 0 Å². The summed E-state index contributed by atoms with van der Waals surface area (Å²) in [5.41, 5.74) is 0. The minimum absolute atomic E-state index is 0.125. The van der Waals surface area contributed by atoms with Crippen LogP contribution in [0.25, 0.3) is 0 Å². The molecule has 1 aliphatic heterocycles. The van der Waals surface area contributed by atoms with Gasteiger partial charge >= 0.3 is 0 Å². The molecule has 0 unspecified atom stereocenters. The zero-order valence-corrected chi connectivity index (χ0v) is 15.2. The van der Waals surface area contributed by atoms with Crippen LogP contribution in [0.1, 0.15) is 69.6 Å². The van der Waals surface area contributed by atoms with Crippen LogP contribution in [0.4, 0.5) is 0 Å². The van der Waals surface area contributed by atoms with Crippen molar-refractivity contribution in [3.63, 3.8) is 0 Å². The number of nitrogens with zero attached hydrogens (tertiary/aromatic N) is 4. The summed E-state index contributed by atoms with van der Waals surface area (Å²) in [6.07, 6.45) is 7.91. The van der Waals surface area contributed by atoms with Crippen LogP contribution in [0.2, 0.25) is 0 Å². The summed E-state index contributed by atoms with van der Waals surface area (Å²) in [6, 6.07) is 0.228. The van der Waals surface area contributed by atoms with Gasteiger partial charge in [0.05, 0.1) is 12.1 Å². The number of amides is 1. The topological polar surface area (TPSA) is 60.2 Å². The van der Waals surface area contributed by atoms with Gasteiger partial charge in [-0.15, -0.1) is 0 Å². The zero-order chi connectivity index (χ0) is 17.1. The lowest BCUT2D eigenvalue weighted by molar-refractivity contribution is -0.149. The molecule has 1 aromatic heterocycles. The van der Waals surface area contributed by atoms with Gasteiger partial charge < -0.3 is 9.64 Å². The van der Waals surface area contributed by atoms with Gasteiger partial charge in [0.15, 0.2) is 0 Å². The fourth-order valence-corrected chi connectivity index (χ4v) is 4.04. The van der Waals surface area contributed by atoms with E-state index in [4.69, 9.17) is 4.74 Å². The molecule has 0 spiro atoms. The van der Waals surface area contributed by atoms with E-state index in [2.05, 4.69) is 10.1 Å². The number of likely N-dealkylation sites (tertiary alicyclic amines) is 1. The number of carbonyl (C=O) groups excluding carboxylic acids is 1. The molecule has 3 rings (SSSR count). The molecule has 1 aliphatic carbocycles. The second-order valence-electron chi connectivity index (χ2n) is 7.27. The molecule has 2 atom stereocenters. The third-order valence-corrected chi connectivity index (χ3v) is 5.26. The van der Waals surface area contributed by atoms with Crippen molar-refractivity contribution >= 4 is 5.91 Å². The molecule has 2 fully saturated rings. The van der Waals surface area contributed by atoms with Gasteiger partial charge in [-0.1, -0.05) is 19.3 Å². The molecule has 2 aliphatic rings. The second-order valence-corrected chi connectivity index (χ2v) is 7.27. The Kier molecular flexibility index (Phi) is 5.54. The van der Waals surface area contributed by atoms with E-state index >= 15 is 0 Å². The molecule has 1 aromatic rings. The zero-order valence-electron chi connectivity index (χ0n) is 15.2. The average Bonchev–Trinajstić information content (AvgIpc) is 2.93. The maximum absolute atomic E-state index is 12.8. The highest BCUT2D eigenvalue weighted by Crippen LogP contribution is 2.25. The first-order valence-electron chi connectivity index (χ1n) is 9.38. The minimum Gasteiger partial charge on any atom is -0.365 e. The van der Waals surface area contributed by atoms with Crippen LogP contribution in [0, 0.1) is 13.8 Å². The molecule has 6 nitrogen and oxygen atoms in total. The predicted molar refractivity (Wildman–Crippen MR) is 91.8 cm³/mol. The van der Waals surface area contributed by atoms with Crippen LogP contribution in [0.15, 0.2) is 0 Å². The fourth-order valence-electron chi connectivity index (χ4n) is 4.04. The van der Waals surface area contributed by atoms with E-state index in [-0.39, 0.29) is 24.2 Å². The molecule has 0 aromatic carbocycles. The van der Waals surface area contributed by atoms with E-state index in [9.17, 15) is 4.79 Å². The number of piperidine rings is 1. The Morgan fingerprint density at radius 1 is 1.17 bits per heavy atom. The summed E-state index contributed by atoms with van der Waals surface area (Å²) < 4.78 is 8.04. The highest BCUT2D eigenvalue weighted by Gasteiger charge is 2.30. The highest BCUT2D eigenvalue weighted by molar-refractivity contribution is 5.80. The summed E-state index contributed by atoms with van der Waals surface area (Å²) in [5, 5.41) is 4.50. The lowest BCUT2D eigenvalue weighted by Crippen LogP contribution is -2.46. The monoisotopic (exact) mass is 334 g/mol. The van der Waals surface area contributed by atoms with Crippen LogP contribution in [0.5, 0.6) is 0 Å². The molecule has 1 saturated carbocycles. The number of aromatic nitrogens is 3. The van der Waals surface area contributed by atoms with Crippen LogP contribution in [-0.4, -0.2) is 50.9 Å². The quantitative estimate of drug-likeness (QED) is 0.849. The van der Waals surface area contributed by atoms with Crippen molar-refractivity contribution in [2.75, 3.05) is 13.1 Å². The van der Waals surface area contributed by atoms with Crippen molar-refractivity contribution in [3.05, 3.63) is 11.6 Å². The molecule has 134 valence electrons. The minimum atomic E-state index is -0.342. The standard InChI is InChI=1S/C18H30N4O2/c1-13(24-17-9-5-4-6-10-17)18(23)21-11-7-8-16(12-21)22-15(3)19-14(2)20-22/h13,16-17H,4-12H2,1-3H3/t13-,16+/m1/s1. The normalized spacial score (nSPS) is 24.1. The van der Waals surface area contributed by atoms with Gasteiger partial charge in [-0.05, 0) is 46.5 Å². The van der Waals surface area contributed by atoms with Gasteiger partial charge in [0.25, 0.3) is 5.91 Å². The number of hydrogen-bond donors (Lipinski definition) is 0. The van der Waals surface area contributed by atoms with E-state index in [1.807, 2.05) is 30.4 Å². The van der Waals surface area contributed by atoms with Crippen molar-refractivity contribution in [3.8, 4) is 0 Å².